The lowest BCUT2D eigenvalue weighted by molar-refractivity contribution is -0.121. The average Bonchev–Trinajstić information content (AvgIpc) is 2.10. The van der Waals surface area contributed by atoms with Crippen LogP contribution in [-0.2, 0) is 14.8 Å². The van der Waals surface area contributed by atoms with Crippen LogP contribution in [-0.4, -0.2) is 26.6 Å². The lowest BCUT2D eigenvalue weighted by Crippen LogP contribution is -2.31. The topological polar surface area (TPSA) is 89.3 Å². The van der Waals surface area contributed by atoms with E-state index < -0.39 is 10.0 Å². The van der Waals surface area contributed by atoms with Crippen LogP contribution in [0.1, 0.15) is 25.7 Å². The lowest BCUT2D eigenvalue weighted by Gasteiger charge is -2.03. The molecular weight excluding hydrogens is 216 g/mol. The van der Waals surface area contributed by atoms with Crippen LogP contribution >= 0.6 is 0 Å². The molecule has 0 aromatic rings. The zero-order chi connectivity index (χ0) is 11.7. The maximum atomic E-state index is 11.1. The summed E-state index contributed by atoms with van der Waals surface area (Å²) in [4.78, 5) is 11.1. The second-order valence-electron chi connectivity index (χ2n) is 3.13. The second kappa shape index (κ2) is 7.26. The Labute approximate surface area is 90.5 Å². The van der Waals surface area contributed by atoms with Gasteiger partial charge in [-0.1, -0.05) is 0 Å². The molecule has 0 saturated carbocycles. The number of carbonyl (C=O) groups excluding carboxylic acids is 1. The Kier molecular flexibility index (Phi) is 6.75. The molecule has 0 heterocycles. The number of carbonyl (C=O) groups is 1. The van der Waals surface area contributed by atoms with Crippen molar-refractivity contribution in [3.63, 3.8) is 0 Å². The van der Waals surface area contributed by atoms with Crippen LogP contribution in [0.15, 0.2) is 0 Å². The van der Waals surface area contributed by atoms with Gasteiger partial charge >= 0.3 is 0 Å². The highest BCUT2D eigenvalue weighted by Crippen LogP contribution is 1.97. The van der Waals surface area contributed by atoms with E-state index in [1.165, 1.54) is 0 Å². The van der Waals surface area contributed by atoms with Gasteiger partial charge in [0.25, 0.3) is 0 Å². The highest BCUT2D eigenvalue weighted by Gasteiger charge is 2.04. The predicted octanol–water partition coefficient (Wildman–Crippen LogP) is -0.415. The number of hydrogen-bond donors (Lipinski definition) is 2. The predicted molar refractivity (Wildman–Crippen MR) is 58.3 cm³/mol. The van der Waals surface area contributed by atoms with Crippen molar-refractivity contribution in [3.8, 4) is 12.3 Å². The van der Waals surface area contributed by atoms with E-state index in [2.05, 4.69) is 11.2 Å². The molecule has 3 N–H and O–H groups in total. The SMILES string of the molecule is C#CCCCCC(=O)NCCS(N)(=O)=O. The summed E-state index contributed by atoms with van der Waals surface area (Å²) in [6, 6.07) is 0. The second-order valence-corrected chi connectivity index (χ2v) is 4.86. The molecule has 0 unspecified atom stereocenters. The molecule has 0 radical (unpaired) electrons. The Morgan fingerprint density at radius 3 is 2.60 bits per heavy atom. The molecule has 0 aromatic heterocycles. The highest BCUT2D eigenvalue weighted by molar-refractivity contribution is 7.89. The van der Waals surface area contributed by atoms with Crippen LogP contribution in [0.3, 0.4) is 0 Å². The number of hydrogen-bond acceptors (Lipinski definition) is 3. The normalized spacial score (nSPS) is 10.7. The van der Waals surface area contributed by atoms with E-state index in [4.69, 9.17) is 11.6 Å². The molecule has 5 nitrogen and oxygen atoms in total. The molecule has 0 spiro atoms. The van der Waals surface area contributed by atoms with Crippen molar-refractivity contribution >= 4 is 15.9 Å². The number of nitrogens with one attached hydrogen (secondary N) is 1. The number of sulfonamides is 1. The van der Waals surface area contributed by atoms with Crippen molar-refractivity contribution in [3.05, 3.63) is 0 Å². The largest absolute Gasteiger partial charge is 0.355 e. The molecule has 0 bridgehead atoms. The van der Waals surface area contributed by atoms with Crippen molar-refractivity contribution in [2.45, 2.75) is 25.7 Å². The number of amides is 1. The molecule has 0 atom stereocenters. The summed E-state index contributed by atoms with van der Waals surface area (Å²) in [6.45, 7) is 0.0623. The van der Waals surface area contributed by atoms with Gasteiger partial charge in [0.2, 0.25) is 15.9 Å². The third-order valence-electron chi connectivity index (χ3n) is 1.68. The van der Waals surface area contributed by atoms with Gasteiger partial charge in [-0.15, -0.1) is 12.3 Å². The molecule has 0 aliphatic carbocycles. The Bertz CT molecular complexity index is 330. The summed E-state index contributed by atoms with van der Waals surface area (Å²) in [6.07, 6.45) is 7.59. The molecule has 86 valence electrons. The summed E-state index contributed by atoms with van der Waals surface area (Å²) in [5.41, 5.74) is 0. The van der Waals surface area contributed by atoms with Gasteiger partial charge in [-0.3, -0.25) is 4.79 Å². The van der Waals surface area contributed by atoms with Crippen LogP contribution in [0.4, 0.5) is 0 Å². The lowest BCUT2D eigenvalue weighted by atomic mass is 10.2. The van der Waals surface area contributed by atoms with Gasteiger partial charge in [0.15, 0.2) is 0 Å². The van der Waals surface area contributed by atoms with Gasteiger partial charge in [-0.2, -0.15) is 0 Å². The van der Waals surface area contributed by atoms with Gasteiger partial charge in [0, 0.05) is 19.4 Å². The fourth-order valence-electron chi connectivity index (χ4n) is 0.934. The highest BCUT2D eigenvalue weighted by atomic mass is 32.2. The van der Waals surface area contributed by atoms with Crippen molar-refractivity contribution in [1.29, 1.82) is 0 Å². The van der Waals surface area contributed by atoms with E-state index in [9.17, 15) is 13.2 Å². The standard InChI is InChI=1S/C9H16N2O3S/c1-2-3-4-5-6-9(12)11-7-8-15(10,13)14/h1H,3-8H2,(H,11,12)(H2,10,13,14). The van der Waals surface area contributed by atoms with E-state index in [-0.39, 0.29) is 18.2 Å². The minimum Gasteiger partial charge on any atom is -0.355 e. The van der Waals surface area contributed by atoms with Gasteiger partial charge in [-0.05, 0) is 12.8 Å². The summed E-state index contributed by atoms with van der Waals surface area (Å²) in [5, 5.41) is 7.23. The smallest absolute Gasteiger partial charge is 0.220 e. The molecule has 0 saturated heterocycles. The number of terminal acetylenes is 1. The quantitative estimate of drug-likeness (QED) is 0.461. The van der Waals surface area contributed by atoms with Crippen molar-refractivity contribution in [2.75, 3.05) is 12.3 Å². The Hall–Kier alpha value is -1.06. The Morgan fingerprint density at radius 1 is 1.40 bits per heavy atom. The first kappa shape index (κ1) is 13.9. The summed E-state index contributed by atoms with van der Waals surface area (Å²) in [7, 11) is -3.49. The first-order chi connectivity index (χ1) is 6.95. The van der Waals surface area contributed by atoms with E-state index in [0.29, 0.717) is 19.3 Å². The summed E-state index contributed by atoms with van der Waals surface area (Å²) < 4.78 is 21.0. The van der Waals surface area contributed by atoms with Crippen LogP contribution < -0.4 is 10.5 Å². The molecule has 0 rings (SSSR count). The number of primary sulfonamides is 1. The molecule has 0 aliphatic rings. The molecule has 6 heteroatoms. The Balaban J connectivity index is 3.47. The van der Waals surface area contributed by atoms with E-state index in [1.807, 2.05) is 0 Å². The fraction of sp³-hybridized carbons (Fsp3) is 0.667. The number of nitrogens with two attached hydrogens (primary N) is 1. The van der Waals surface area contributed by atoms with E-state index >= 15 is 0 Å². The third-order valence-corrected chi connectivity index (χ3v) is 2.46. The molecule has 0 fully saturated rings. The maximum Gasteiger partial charge on any atom is 0.220 e. The molecule has 1 amide bonds. The first-order valence-corrected chi connectivity index (χ1v) is 6.38. The van der Waals surface area contributed by atoms with Gasteiger partial charge in [0.1, 0.15) is 0 Å². The van der Waals surface area contributed by atoms with Gasteiger partial charge in [0.05, 0.1) is 5.75 Å². The van der Waals surface area contributed by atoms with Crippen molar-refractivity contribution in [1.82, 2.24) is 5.32 Å². The minimum absolute atomic E-state index is 0.0623. The maximum absolute atomic E-state index is 11.1. The Morgan fingerprint density at radius 2 is 2.07 bits per heavy atom. The van der Waals surface area contributed by atoms with Gasteiger partial charge in [-0.25, -0.2) is 13.6 Å². The first-order valence-electron chi connectivity index (χ1n) is 4.66. The van der Waals surface area contributed by atoms with Crippen LogP contribution in [0.25, 0.3) is 0 Å². The molecule has 0 aromatic carbocycles. The monoisotopic (exact) mass is 232 g/mol. The van der Waals surface area contributed by atoms with Crippen LogP contribution in [0.2, 0.25) is 0 Å². The van der Waals surface area contributed by atoms with Crippen molar-refractivity contribution in [2.24, 2.45) is 5.14 Å². The molecular formula is C9H16N2O3S. The molecule has 15 heavy (non-hydrogen) atoms. The van der Waals surface area contributed by atoms with E-state index in [1.54, 1.807) is 0 Å². The van der Waals surface area contributed by atoms with Gasteiger partial charge < -0.3 is 5.32 Å². The van der Waals surface area contributed by atoms with Crippen molar-refractivity contribution < 1.29 is 13.2 Å². The zero-order valence-electron chi connectivity index (χ0n) is 8.53. The number of unbranched alkanes of at least 4 members (excludes halogenated alkanes) is 2. The summed E-state index contributed by atoms with van der Waals surface area (Å²) >= 11 is 0. The third kappa shape index (κ3) is 10.9. The van der Waals surface area contributed by atoms with Crippen LogP contribution in [0.5, 0.6) is 0 Å². The zero-order valence-corrected chi connectivity index (χ0v) is 9.35. The van der Waals surface area contributed by atoms with Crippen LogP contribution in [0, 0.1) is 12.3 Å². The fourth-order valence-corrected chi connectivity index (χ4v) is 1.32. The molecule has 0 aliphatic heterocycles. The number of rotatable bonds is 7. The average molecular weight is 232 g/mol. The van der Waals surface area contributed by atoms with E-state index in [0.717, 1.165) is 6.42 Å². The minimum atomic E-state index is -3.49. The summed E-state index contributed by atoms with van der Waals surface area (Å²) in [5.74, 6) is 2.07.